The summed E-state index contributed by atoms with van der Waals surface area (Å²) in [6, 6.07) is 13.3. The first-order chi connectivity index (χ1) is 12.3. The van der Waals surface area contributed by atoms with Gasteiger partial charge in [0.2, 0.25) is 11.8 Å². The summed E-state index contributed by atoms with van der Waals surface area (Å²) in [4.78, 5) is 16.1. The summed E-state index contributed by atoms with van der Waals surface area (Å²) in [6.07, 6.45) is 3.13. The normalized spacial score (nSPS) is 16.4. The Bertz CT molecular complexity index is 655. The molecule has 1 amide bonds. The van der Waals surface area contributed by atoms with Crippen molar-refractivity contribution in [1.29, 1.82) is 0 Å². The number of hydrogen-bond acceptors (Lipinski definition) is 5. The number of hydrogen-bond donors (Lipinski definition) is 1. The van der Waals surface area contributed by atoms with Crippen LogP contribution in [-0.4, -0.2) is 36.8 Å². The Morgan fingerprint density at radius 2 is 2.00 bits per heavy atom. The first-order valence-corrected chi connectivity index (χ1v) is 8.46. The Labute approximate surface area is 147 Å². The highest BCUT2D eigenvalue weighted by Crippen LogP contribution is 2.13. The molecule has 1 atom stereocenters. The summed E-state index contributed by atoms with van der Waals surface area (Å²) < 4.78 is 16.4. The fourth-order valence-electron chi connectivity index (χ4n) is 2.51. The van der Waals surface area contributed by atoms with Crippen LogP contribution in [-0.2, 0) is 16.1 Å². The lowest BCUT2D eigenvalue weighted by molar-refractivity contribution is -0.130. The molecule has 6 heteroatoms. The molecule has 0 radical (unpaired) electrons. The zero-order valence-corrected chi connectivity index (χ0v) is 14.0. The van der Waals surface area contributed by atoms with Crippen LogP contribution in [0.4, 0.5) is 0 Å². The first kappa shape index (κ1) is 17.2. The topological polar surface area (TPSA) is 69.7 Å². The second kappa shape index (κ2) is 9.03. The van der Waals surface area contributed by atoms with Gasteiger partial charge in [0, 0.05) is 25.4 Å². The molecule has 132 valence electrons. The number of rotatable bonds is 8. The number of amides is 1. The van der Waals surface area contributed by atoms with E-state index in [0.29, 0.717) is 32.2 Å². The second-order valence-electron chi connectivity index (χ2n) is 5.73. The van der Waals surface area contributed by atoms with Crippen molar-refractivity contribution in [2.45, 2.75) is 25.5 Å². The van der Waals surface area contributed by atoms with Gasteiger partial charge in [-0.05, 0) is 30.5 Å². The number of ether oxygens (including phenoxy) is 3. The van der Waals surface area contributed by atoms with Gasteiger partial charge < -0.3 is 19.5 Å². The summed E-state index contributed by atoms with van der Waals surface area (Å²) in [5, 5.41) is 2.87. The van der Waals surface area contributed by atoms with E-state index in [4.69, 9.17) is 14.2 Å². The average Bonchev–Trinajstić information content (AvgIpc) is 3.20. The number of nitrogens with zero attached hydrogens (tertiary/aromatic N) is 1. The molecule has 0 aliphatic carbocycles. The van der Waals surface area contributed by atoms with Crippen molar-refractivity contribution in [2.75, 3.05) is 19.8 Å². The first-order valence-electron chi connectivity index (χ1n) is 8.46. The Morgan fingerprint density at radius 3 is 2.72 bits per heavy atom. The highest BCUT2D eigenvalue weighted by molar-refractivity contribution is 5.80. The van der Waals surface area contributed by atoms with Crippen LogP contribution < -0.4 is 14.8 Å². The zero-order valence-electron chi connectivity index (χ0n) is 14.0. The molecule has 1 aliphatic heterocycles. The van der Waals surface area contributed by atoms with Crippen molar-refractivity contribution in [2.24, 2.45) is 0 Å². The molecule has 1 N–H and O–H groups in total. The maximum absolute atomic E-state index is 11.9. The molecule has 2 heterocycles. The highest BCUT2D eigenvalue weighted by Gasteiger charge is 2.22. The minimum absolute atomic E-state index is 0.0594. The maximum atomic E-state index is 11.9. The number of pyridine rings is 1. The van der Waals surface area contributed by atoms with Crippen LogP contribution in [0.5, 0.6) is 11.6 Å². The summed E-state index contributed by atoms with van der Waals surface area (Å²) in [5.41, 5.74) is 0.916. The van der Waals surface area contributed by atoms with Crippen molar-refractivity contribution in [1.82, 2.24) is 10.3 Å². The molecule has 1 aromatic heterocycles. The van der Waals surface area contributed by atoms with Crippen LogP contribution in [0.3, 0.4) is 0 Å². The number of carbonyl (C=O) groups excluding carboxylic acids is 1. The predicted molar refractivity (Wildman–Crippen MR) is 92.5 cm³/mol. The number of aromatic nitrogens is 1. The van der Waals surface area contributed by atoms with Crippen molar-refractivity contribution < 1.29 is 19.0 Å². The molecule has 25 heavy (non-hydrogen) atoms. The molecule has 1 aliphatic rings. The van der Waals surface area contributed by atoms with E-state index in [1.807, 2.05) is 36.4 Å². The van der Waals surface area contributed by atoms with Crippen LogP contribution in [0.1, 0.15) is 18.4 Å². The fourth-order valence-corrected chi connectivity index (χ4v) is 2.51. The molecular formula is C19H22N2O4. The smallest absolute Gasteiger partial charge is 0.249 e. The van der Waals surface area contributed by atoms with Gasteiger partial charge in [-0.25, -0.2) is 4.98 Å². The van der Waals surface area contributed by atoms with Crippen LogP contribution in [0.15, 0.2) is 48.7 Å². The third-order valence-corrected chi connectivity index (χ3v) is 3.83. The summed E-state index contributed by atoms with van der Waals surface area (Å²) in [5.74, 6) is 1.29. The molecule has 0 spiro atoms. The van der Waals surface area contributed by atoms with Gasteiger partial charge >= 0.3 is 0 Å². The highest BCUT2D eigenvalue weighted by atomic mass is 16.5. The van der Waals surface area contributed by atoms with Gasteiger partial charge in [-0.1, -0.05) is 24.3 Å². The molecule has 1 aromatic carbocycles. The van der Waals surface area contributed by atoms with Crippen molar-refractivity contribution >= 4 is 5.91 Å². The minimum Gasteiger partial charge on any atom is -0.490 e. The molecular weight excluding hydrogens is 320 g/mol. The molecule has 0 saturated carbocycles. The van der Waals surface area contributed by atoms with Crippen molar-refractivity contribution in [3.8, 4) is 11.6 Å². The lowest BCUT2D eigenvalue weighted by Gasteiger charge is -2.11. The number of benzene rings is 1. The standard InChI is InChI=1S/C19H22N2O4/c22-19(17-7-4-10-24-17)21-14-15-8-9-18(20-13-15)25-12-11-23-16-5-2-1-3-6-16/h1-3,5-6,8-9,13,17H,4,7,10-12,14H2,(H,21,22)/t17-/m1/s1. The Kier molecular flexibility index (Phi) is 6.23. The van der Waals surface area contributed by atoms with Crippen LogP contribution in [0.2, 0.25) is 0 Å². The lowest BCUT2D eigenvalue weighted by Crippen LogP contribution is -2.33. The quantitative estimate of drug-likeness (QED) is 0.746. The summed E-state index contributed by atoms with van der Waals surface area (Å²) in [6.45, 7) is 1.96. The van der Waals surface area contributed by atoms with E-state index in [2.05, 4.69) is 10.3 Å². The third-order valence-electron chi connectivity index (χ3n) is 3.83. The van der Waals surface area contributed by atoms with Crippen molar-refractivity contribution in [3.05, 3.63) is 54.2 Å². The van der Waals surface area contributed by atoms with E-state index in [1.165, 1.54) is 0 Å². The lowest BCUT2D eigenvalue weighted by atomic mass is 10.2. The van der Waals surface area contributed by atoms with Gasteiger partial charge in [0.25, 0.3) is 0 Å². The summed E-state index contributed by atoms with van der Waals surface area (Å²) >= 11 is 0. The van der Waals surface area contributed by atoms with Crippen LogP contribution in [0.25, 0.3) is 0 Å². The van der Waals surface area contributed by atoms with E-state index < -0.39 is 0 Å². The van der Waals surface area contributed by atoms with Gasteiger partial charge in [0.05, 0.1) is 0 Å². The van der Waals surface area contributed by atoms with Gasteiger partial charge in [-0.15, -0.1) is 0 Å². The fraction of sp³-hybridized carbons (Fsp3) is 0.368. The van der Waals surface area contributed by atoms with E-state index >= 15 is 0 Å². The molecule has 3 rings (SSSR count). The largest absolute Gasteiger partial charge is 0.490 e. The molecule has 1 saturated heterocycles. The molecule has 6 nitrogen and oxygen atoms in total. The number of para-hydroxylation sites is 1. The van der Waals surface area contributed by atoms with E-state index in [0.717, 1.165) is 24.2 Å². The zero-order chi connectivity index (χ0) is 17.3. The van der Waals surface area contributed by atoms with Crippen LogP contribution in [0, 0.1) is 0 Å². The van der Waals surface area contributed by atoms with E-state index in [9.17, 15) is 4.79 Å². The third kappa shape index (κ3) is 5.46. The average molecular weight is 342 g/mol. The Morgan fingerprint density at radius 1 is 1.16 bits per heavy atom. The maximum Gasteiger partial charge on any atom is 0.249 e. The van der Waals surface area contributed by atoms with E-state index in [1.54, 1.807) is 12.3 Å². The monoisotopic (exact) mass is 342 g/mol. The van der Waals surface area contributed by atoms with E-state index in [-0.39, 0.29) is 12.0 Å². The van der Waals surface area contributed by atoms with Crippen molar-refractivity contribution in [3.63, 3.8) is 0 Å². The Balaban J connectivity index is 1.36. The van der Waals surface area contributed by atoms with Crippen LogP contribution >= 0.6 is 0 Å². The van der Waals surface area contributed by atoms with Gasteiger partial charge in [0.15, 0.2) is 0 Å². The SMILES string of the molecule is O=C(NCc1ccc(OCCOc2ccccc2)nc1)[C@H]1CCCO1. The van der Waals surface area contributed by atoms with Gasteiger partial charge in [-0.2, -0.15) is 0 Å². The second-order valence-corrected chi connectivity index (χ2v) is 5.73. The molecule has 0 bridgehead atoms. The minimum atomic E-state index is -0.305. The predicted octanol–water partition coefficient (Wildman–Crippen LogP) is 2.33. The molecule has 2 aromatic rings. The number of carbonyl (C=O) groups is 1. The number of nitrogens with one attached hydrogen (secondary N) is 1. The van der Waals surface area contributed by atoms with Gasteiger partial charge in [-0.3, -0.25) is 4.79 Å². The Hall–Kier alpha value is -2.60. The summed E-state index contributed by atoms with van der Waals surface area (Å²) in [7, 11) is 0. The van der Waals surface area contributed by atoms with Gasteiger partial charge in [0.1, 0.15) is 25.1 Å². The molecule has 1 fully saturated rings. The molecule has 0 unspecified atom stereocenters.